The summed E-state index contributed by atoms with van der Waals surface area (Å²) in [6, 6.07) is 15.1. The van der Waals surface area contributed by atoms with E-state index in [0.29, 0.717) is 16.7 Å². The van der Waals surface area contributed by atoms with Gasteiger partial charge in [0.25, 0.3) is 0 Å². The molecule has 2 N–H and O–H groups in total. The van der Waals surface area contributed by atoms with Crippen molar-refractivity contribution in [1.82, 2.24) is 9.97 Å². The number of rotatable bonds is 1. The van der Waals surface area contributed by atoms with Crippen LogP contribution >= 0.6 is 24.0 Å². The van der Waals surface area contributed by atoms with Crippen molar-refractivity contribution in [2.24, 2.45) is 0 Å². The van der Waals surface area contributed by atoms with Gasteiger partial charge in [-0.1, -0.05) is 23.7 Å². The average Bonchev–Trinajstić information content (AvgIpc) is 2.39. The van der Waals surface area contributed by atoms with E-state index in [4.69, 9.17) is 17.3 Å². The van der Waals surface area contributed by atoms with Crippen molar-refractivity contribution in [1.29, 1.82) is 0 Å². The van der Waals surface area contributed by atoms with Crippen LogP contribution in [-0.2, 0) is 0 Å². The molecule has 96 valence electrons. The number of nitrogens with two attached hydrogens (primary N) is 1. The SMILES string of the molecule is Cl.Nc1nc(-c2ccc(Cl)cc2)nc2ccccc12. The summed E-state index contributed by atoms with van der Waals surface area (Å²) in [7, 11) is 0. The molecule has 19 heavy (non-hydrogen) atoms. The van der Waals surface area contributed by atoms with E-state index in [0.717, 1.165) is 16.5 Å². The Morgan fingerprint density at radius 1 is 0.895 bits per heavy atom. The van der Waals surface area contributed by atoms with E-state index in [1.165, 1.54) is 0 Å². The molecular formula is C14H11Cl2N3. The molecule has 0 saturated heterocycles. The smallest absolute Gasteiger partial charge is 0.162 e. The summed E-state index contributed by atoms with van der Waals surface area (Å²) in [5, 5.41) is 1.56. The number of para-hydroxylation sites is 1. The van der Waals surface area contributed by atoms with Gasteiger partial charge in [-0.3, -0.25) is 0 Å². The van der Waals surface area contributed by atoms with E-state index in [-0.39, 0.29) is 12.4 Å². The second-order valence-electron chi connectivity index (χ2n) is 3.96. The molecule has 0 amide bonds. The zero-order chi connectivity index (χ0) is 12.5. The van der Waals surface area contributed by atoms with Crippen molar-refractivity contribution in [3.05, 3.63) is 53.6 Å². The molecule has 0 atom stereocenters. The molecule has 0 aliphatic carbocycles. The van der Waals surface area contributed by atoms with Gasteiger partial charge in [-0.05, 0) is 36.4 Å². The van der Waals surface area contributed by atoms with Crippen molar-refractivity contribution in [2.45, 2.75) is 0 Å². The van der Waals surface area contributed by atoms with Crippen molar-refractivity contribution in [3.8, 4) is 11.4 Å². The highest BCUT2D eigenvalue weighted by molar-refractivity contribution is 6.30. The molecule has 0 aliphatic heterocycles. The summed E-state index contributed by atoms with van der Waals surface area (Å²) in [4.78, 5) is 8.83. The van der Waals surface area contributed by atoms with Crippen LogP contribution in [0.4, 0.5) is 5.82 Å². The monoisotopic (exact) mass is 291 g/mol. The molecule has 0 radical (unpaired) electrons. The molecule has 0 aliphatic rings. The predicted octanol–water partition coefficient (Wildman–Crippen LogP) is 3.95. The van der Waals surface area contributed by atoms with E-state index in [9.17, 15) is 0 Å². The Morgan fingerprint density at radius 3 is 2.32 bits per heavy atom. The zero-order valence-corrected chi connectivity index (χ0v) is 11.4. The largest absolute Gasteiger partial charge is 0.383 e. The molecule has 0 bridgehead atoms. The van der Waals surface area contributed by atoms with Crippen LogP contribution in [0.5, 0.6) is 0 Å². The molecule has 5 heteroatoms. The number of benzene rings is 2. The molecule has 0 unspecified atom stereocenters. The first kappa shape index (κ1) is 13.6. The maximum Gasteiger partial charge on any atom is 0.162 e. The van der Waals surface area contributed by atoms with Crippen LogP contribution in [0, 0.1) is 0 Å². The Bertz CT molecular complexity index is 711. The Hall–Kier alpha value is -1.84. The molecule has 1 heterocycles. The molecular weight excluding hydrogens is 281 g/mol. The fourth-order valence-electron chi connectivity index (χ4n) is 1.83. The van der Waals surface area contributed by atoms with E-state index in [1.807, 2.05) is 48.5 Å². The number of halogens is 2. The lowest BCUT2D eigenvalue weighted by Crippen LogP contribution is -1.97. The van der Waals surface area contributed by atoms with E-state index >= 15 is 0 Å². The second kappa shape index (κ2) is 5.43. The number of nitrogen functional groups attached to an aromatic ring is 1. The number of fused-ring (bicyclic) bond motifs is 1. The topological polar surface area (TPSA) is 51.8 Å². The first-order valence-corrected chi connectivity index (χ1v) is 5.90. The quantitative estimate of drug-likeness (QED) is 0.738. The van der Waals surface area contributed by atoms with Gasteiger partial charge in [-0.15, -0.1) is 12.4 Å². The highest BCUT2D eigenvalue weighted by atomic mass is 35.5. The summed E-state index contributed by atoms with van der Waals surface area (Å²) < 4.78 is 0. The van der Waals surface area contributed by atoms with Gasteiger partial charge >= 0.3 is 0 Å². The summed E-state index contributed by atoms with van der Waals surface area (Å²) >= 11 is 5.86. The zero-order valence-electron chi connectivity index (χ0n) is 9.88. The maximum atomic E-state index is 5.95. The number of hydrogen-bond acceptors (Lipinski definition) is 3. The third-order valence-corrected chi connectivity index (χ3v) is 2.99. The fourth-order valence-corrected chi connectivity index (χ4v) is 1.96. The minimum atomic E-state index is 0. The van der Waals surface area contributed by atoms with Crippen LogP contribution in [0.15, 0.2) is 48.5 Å². The Labute approximate surface area is 121 Å². The summed E-state index contributed by atoms with van der Waals surface area (Å²) in [5.74, 6) is 1.11. The van der Waals surface area contributed by atoms with Gasteiger partial charge in [0.05, 0.1) is 5.52 Å². The molecule has 0 fully saturated rings. The van der Waals surface area contributed by atoms with Gasteiger partial charge < -0.3 is 5.73 Å². The highest BCUT2D eigenvalue weighted by Gasteiger charge is 2.06. The molecule has 3 rings (SSSR count). The first-order chi connectivity index (χ1) is 8.74. The average molecular weight is 292 g/mol. The van der Waals surface area contributed by atoms with Crippen LogP contribution in [0.3, 0.4) is 0 Å². The maximum absolute atomic E-state index is 5.95. The van der Waals surface area contributed by atoms with Crippen molar-refractivity contribution < 1.29 is 0 Å². The van der Waals surface area contributed by atoms with Crippen molar-refractivity contribution in [3.63, 3.8) is 0 Å². The summed E-state index contributed by atoms with van der Waals surface area (Å²) in [6.45, 7) is 0. The predicted molar refractivity (Wildman–Crippen MR) is 81.6 cm³/mol. The van der Waals surface area contributed by atoms with E-state index < -0.39 is 0 Å². The van der Waals surface area contributed by atoms with E-state index in [2.05, 4.69) is 9.97 Å². The lowest BCUT2D eigenvalue weighted by atomic mass is 10.2. The Balaban J connectivity index is 0.00000133. The highest BCUT2D eigenvalue weighted by Crippen LogP contribution is 2.23. The van der Waals surface area contributed by atoms with Crippen molar-refractivity contribution in [2.75, 3.05) is 5.73 Å². The molecule has 3 aromatic rings. The molecule has 3 nitrogen and oxygen atoms in total. The fraction of sp³-hybridized carbons (Fsp3) is 0. The molecule has 0 saturated carbocycles. The molecule has 2 aromatic carbocycles. The number of aromatic nitrogens is 2. The lowest BCUT2D eigenvalue weighted by Gasteiger charge is -2.05. The van der Waals surface area contributed by atoms with E-state index in [1.54, 1.807) is 0 Å². The van der Waals surface area contributed by atoms with Gasteiger partial charge in [0.2, 0.25) is 0 Å². The first-order valence-electron chi connectivity index (χ1n) is 5.52. The minimum Gasteiger partial charge on any atom is -0.383 e. The summed E-state index contributed by atoms with van der Waals surface area (Å²) in [6.07, 6.45) is 0. The van der Waals surface area contributed by atoms with Gasteiger partial charge in [0.1, 0.15) is 5.82 Å². The van der Waals surface area contributed by atoms with Crippen LogP contribution in [0.2, 0.25) is 5.02 Å². The van der Waals surface area contributed by atoms with Crippen LogP contribution in [-0.4, -0.2) is 9.97 Å². The van der Waals surface area contributed by atoms with Gasteiger partial charge in [0.15, 0.2) is 5.82 Å². The third-order valence-electron chi connectivity index (χ3n) is 2.74. The number of anilines is 1. The van der Waals surface area contributed by atoms with Crippen LogP contribution in [0.1, 0.15) is 0 Å². The molecule has 0 spiro atoms. The second-order valence-corrected chi connectivity index (χ2v) is 4.39. The summed E-state index contributed by atoms with van der Waals surface area (Å²) in [5.41, 5.74) is 7.69. The van der Waals surface area contributed by atoms with Gasteiger partial charge in [-0.25, -0.2) is 9.97 Å². The normalized spacial score (nSPS) is 10.2. The third kappa shape index (κ3) is 2.62. The Kier molecular flexibility index (Phi) is 3.88. The number of hydrogen-bond donors (Lipinski definition) is 1. The van der Waals surface area contributed by atoms with Gasteiger partial charge in [0, 0.05) is 16.0 Å². The van der Waals surface area contributed by atoms with Crippen molar-refractivity contribution >= 4 is 40.7 Å². The van der Waals surface area contributed by atoms with Crippen LogP contribution in [0.25, 0.3) is 22.3 Å². The lowest BCUT2D eigenvalue weighted by molar-refractivity contribution is 1.23. The van der Waals surface area contributed by atoms with Gasteiger partial charge in [-0.2, -0.15) is 0 Å². The Morgan fingerprint density at radius 2 is 1.58 bits per heavy atom. The van der Waals surface area contributed by atoms with Crippen LogP contribution < -0.4 is 5.73 Å². The number of nitrogens with zero attached hydrogens (tertiary/aromatic N) is 2. The molecule has 1 aromatic heterocycles. The minimum absolute atomic E-state index is 0. The standard InChI is InChI=1S/C14H10ClN3.ClH/c15-10-7-5-9(6-8-10)14-17-12-4-2-1-3-11(12)13(16)18-14;/h1-8H,(H2,16,17,18);1H.